The number of nitrogens with zero attached hydrogens (tertiary/aromatic N) is 1. The van der Waals surface area contributed by atoms with E-state index in [-0.39, 0.29) is 82.4 Å². The molecule has 0 radical (unpaired) electrons. The van der Waals surface area contributed by atoms with Gasteiger partial charge in [0, 0.05) is 38.9 Å². The highest BCUT2D eigenvalue weighted by atomic mass is 16.4. The van der Waals surface area contributed by atoms with Gasteiger partial charge in [0.15, 0.2) is 11.9 Å². The zero-order valence-electron chi connectivity index (χ0n) is 43.1. The first-order chi connectivity index (χ1) is 36.4. The van der Waals surface area contributed by atoms with Gasteiger partial charge in [-0.3, -0.25) is 58.8 Å². The Kier molecular flexibility index (Phi) is 28.4. The second kappa shape index (κ2) is 33.7. The molecular formula is C47H75N15O15. The summed E-state index contributed by atoms with van der Waals surface area (Å²) >= 11 is 0. The predicted octanol–water partition coefficient (Wildman–Crippen LogP) is -5.05. The number of hydrogen-bond donors (Lipinski definition) is 18. The Bertz CT molecular complexity index is 2240. The number of benzene rings is 1. The summed E-state index contributed by atoms with van der Waals surface area (Å²) in [5.74, 6) is -12.7. The number of nitrogens with one attached hydrogen (secondary N) is 11. The highest BCUT2D eigenvalue weighted by molar-refractivity contribution is 5.98. The number of aliphatic hydroxyl groups is 1. The van der Waals surface area contributed by atoms with Crippen molar-refractivity contribution in [2.45, 2.75) is 139 Å². The molecular weight excluding hydrogens is 1010 g/mol. The first-order valence-corrected chi connectivity index (χ1v) is 25.0. The molecule has 30 nitrogen and oxygen atoms in total. The lowest BCUT2D eigenvalue weighted by molar-refractivity contribution is -0.149. The number of guanidine groups is 2. The van der Waals surface area contributed by atoms with E-state index in [0.717, 1.165) is 4.90 Å². The van der Waals surface area contributed by atoms with Gasteiger partial charge >= 0.3 is 17.9 Å². The monoisotopic (exact) mass is 1090 g/mol. The van der Waals surface area contributed by atoms with Crippen LogP contribution in [0.15, 0.2) is 30.3 Å². The number of likely N-dealkylation sites (tertiary alicyclic amines) is 1. The highest BCUT2D eigenvalue weighted by Crippen LogP contribution is 2.20. The fraction of sp³-hybridized carbons (Fsp3) is 0.596. The van der Waals surface area contributed by atoms with Crippen molar-refractivity contribution in [2.24, 2.45) is 23.1 Å². The standard InChI is InChI=1S/C47H75N15O15/c1-25(2)21-31(41(72)56-27(11-6-18-53-46(49)50)38(69)59-30(12-7-19-54-47(51)52)44(75)62-20-8-13-34(62)45(76)77)60-39(70)28(14-16-36(65)66)57-42(73)32(22-26-9-4-3-5-10-26)61-40(71)29(15-17-37(67)68)58-43(74)33(24-63)55-35(64)23-48/h3-5,9-10,25,27-34,63H,6-8,11-24,48H2,1-2H3,(H,55,64)(H,56,72)(H,57,73)(H,58,74)(H,59,69)(H,60,70)(H,61,71)(H,65,66)(H,67,68)(H,76,77)(H4,49,50,53)(H4,51,52,54)/t27-,28-,29-,30-,31-,32-,33-,34-/m0/s1. The van der Waals surface area contributed by atoms with Crippen molar-refractivity contribution in [1.82, 2.24) is 52.8 Å². The fourth-order valence-corrected chi connectivity index (χ4v) is 7.99. The van der Waals surface area contributed by atoms with Crippen LogP contribution in [0.4, 0.5) is 0 Å². The van der Waals surface area contributed by atoms with Crippen molar-refractivity contribution < 1.29 is 73.2 Å². The molecule has 0 bridgehead atoms. The second-order valence-electron chi connectivity index (χ2n) is 18.6. The minimum Gasteiger partial charge on any atom is -0.481 e. The Morgan fingerprint density at radius 2 is 1.04 bits per heavy atom. The number of carboxylic acid groups (broad SMARTS) is 3. The van der Waals surface area contributed by atoms with E-state index >= 15 is 0 Å². The lowest BCUT2D eigenvalue weighted by Gasteiger charge is -2.30. The normalized spacial score (nSPS) is 15.6. The van der Waals surface area contributed by atoms with Crippen molar-refractivity contribution in [3.8, 4) is 0 Å². The van der Waals surface area contributed by atoms with Gasteiger partial charge in [-0.05, 0) is 69.3 Å². The van der Waals surface area contributed by atoms with E-state index in [2.05, 4.69) is 47.9 Å². The molecule has 1 aliphatic heterocycles. The maximum absolute atomic E-state index is 14.3. The van der Waals surface area contributed by atoms with E-state index < -0.39 is 152 Å². The Hall–Kier alpha value is -8.15. The van der Waals surface area contributed by atoms with Gasteiger partial charge in [-0.15, -0.1) is 0 Å². The first kappa shape index (κ1) is 65.0. The third-order valence-electron chi connectivity index (χ3n) is 11.9. The van der Waals surface area contributed by atoms with Crippen molar-refractivity contribution >= 4 is 77.1 Å². The summed E-state index contributed by atoms with van der Waals surface area (Å²) in [4.78, 5) is 146. The maximum atomic E-state index is 14.3. The Balaban J connectivity index is 2.52. The van der Waals surface area contributed by atoms with Crippen LogP contribution in [0.25, 0.3) is 0 Å². The molecule has 0 aromatic heterocycles. The lowest BCUT2D eigenvalue weighted by Crippen LogP contribution is -2.61. The molecule has 21 N–H and O–H groups in total. The number of carbonyl (C=O) groups excluding carboxylic acids is 8. The minimum atomic E-state index is -1.71. The number of nitrogens with two attached hydrogens (primary N) is 3. The topological polar surface area (TPSA) is 506 Å². The van der Waals surface area contributed by atoms with Gasteiger partial charge in [-0.2, -0.15) is 0 Å². The fourth-order valence-electron chi connectivity index (χ4n) is 7.99. The summed E-state index contributed by atoms with van der Waals surface area (Å²) in [5, 5.41) is 75.9. The van der Waals surface area contributed by atoms with Crippen LogP contribution in [0.2, 0.25) is 0 Å². The summed E-state index contributed by atoms with van der Waals surface area (Å²) in [7, 11) is 0. The van der Waals surface area contributed by atoms with Gasteiger partial charge in [0.05, 0.1) is 13.2 Å². The van der Waals surface area contributed by atoms with Gasteiger partial charge in [-0.25, -0.2) is 4.79 Å². The molecule has 0 aliphatic carbocycles. The third kappa shape index (κ3) is 24.4. The predicted molar refractivity (Wildman–Crippen MR) is 274 cm³/mol. The Morgan fingerprint density at radius 3 is 1.49 bits per heavy atom. The lowest BCUT2D eigenvalue weighted by atomic mass is 10.00. The molecule has 1 heterocycles. The average Bonchev–Trinajstić information content (AvgIpc) is 3.87. The Labute approximate surface area is 443 Å². The zero-order chi connectivity index (χ0) is 57.8. The molecule has 8 atom stereocenters. The molecule has 1 aliphatic rings. The van der Waals surface area contributed by atoms with Gasteiger partial charge in [-0.1, -0.05) is 44.2 Å². The second-order valence-corrected chi connectivity index (χ2v) is 18.6. The van der Waals surface area contributed by atoms with Gasteiger partial charge < -0.3 is 90.4 Å². The SMILES string of the molecule is CC(C)C[C@H](NC(=O)[C@H](CCC(=O)O)NC(=O)[C@H](Cc1ccccc1)NC(=O)[C@H](CCC(=O)O)NC(=O)[C@H](CO)NC(=O)CN)C(=O)N[C@@H](CCCNC(=N)N)C(=O)N[C@@H](CCCNC(=N)N)C(=O)N1CCC[C@H]1C(=O)O. The quantitative estimate of drug-likeness (QED) is 0.0172. The summed E-state index contributed by atoms with van der Waals surface area (Å²) in [5.41, 5.74) is 16.6. The molecule has 1 fully saturated rings. The number of carboxylic acids is 3. The van der Waals surface area contributed by atoms with Crippen molar-refractivity contribution in [3.05, 3.63) is 35.9 Å². The number of amides is 8. The molecule has 30 heteroatoms. The van der Waals surface area contributed by atoms with Crippen LogP contribution < -0.4 is 65.1 Å². The van der Waals surface area contributed by atoms with Crippen LogP contribution in [0.1, 0.15) is 90.0 Å². The van der Waals surface area contributed by atoms with E-state index in [4.69, 9.17) is 28.0 Å². The molecule has 0 unspecified atom stereocenters. The van der Waals surface area contributed by atoms with Crippen LogP contribution >= 0.6 is 0 Å². The van der Waals surface area contributed by atoms with Gasteiger partial charge in [0.1, 0.15) is 48.3 Å². The van der Waals surface area contributed by atoms with Crippen LogP contribution in [-0.2, 0) is 59.2 Å². The average molecular weight is 1090 g/mol. The van der Waals surface area contributed by atoms with Crippen LogP contribution in [-0.4, -0.2) is 184 Å². The largest absolute Gasteiger partial charge is 0.481 e. The summed E-state index contributed by atoms with van der Waals surface area (Å²) in [6.45, 7) is 2.17. The van der Waals surface area contributed by atoms with E-state index in [0.29, 0.717) is 12.0 Å². The number of aliphatic hydroxyl groups excluding tert-OH is 1. The molecule has 0 spiro atoms. The number of aliphatic carboxylic acids is 3. The molecule has 1 aromatic carbocycles. The third-order valence-corrected chi connectivity index (χ3v) is 11.9. The summed E-state index contributed by atoms with van der Waals surface area (Å²) in [6, 6.07) is -3.90. The summed E-state index contributed by atoms with van der Waals surface area (Å²) in [6.07, 6.45) is -2.16. The van der Waals surface area contributed by atoms with Crippen molar-refractivity contribution in [3.63, 3.8) is 0 Å². The van der Waals surface area contributed by atoms with Crippen molar-refractivity contribution in [1.29, 1.82) is 10.8 Å². The van der Waals surface area contributed by atoms with Gasteiger partial charge in [0.25, 0.3) is 0 Å². The molecule has 1 aromatic rings. The van der Waals surface area contributed by atoms with Crippen molar-refractivity contribution in [2.75, 3.05) is 32.8 Å². The van der Waals surface area contributed by atoms with Gasteiger partial charge in [0.2, 0.25) is 47.3 Å². The smallest absolute Gasteiger partial charge is 0.326 e. The first-order valence-electron chi connectivity index (χ1n) is 25.0. The van der Waals surface area contributed by atoms with Crippen LogP contribution in [0.5, 0.6) is 0 Å². The zero-order valence-corrected chi connectivity index (χ0v) is 43.1. The number of carbonyl (C=O) groups is 11. The van der Waals surface area contributed by atoms with E-state index in [1.807, 2.05) is 0 Å². The maximum Gasteiger partial charge on any atom is 0.326 e. The number of rotatable bonds is 35. The molecule has 2 rings (SSSR count). The molecule has 0 saturated carbocycles. The van der Waals surface area contributed by atoms with E-state index in [9.17, 15) is 73.2 Å². The Morgan fingerprint density at radius 1 is 0.610 bits per heavy atom. The molecule has 8 amide bonds. The van der Waals surface area contributed by atoms with E-state index in [1.54, 1.807) is 44.2 Å². The molecule has 1 saturated heterocycles. The summed E-state index contributed by atoms with van der Waals surface area (Å²) < 4.78 is 0. The molecule has 77 heavy (non-hydrogen) atoms. The minimum absolute atomic E-state index is 0.0466. The molecule has 428 valence electrons. The van der Waals surface area contributed by atoms with Crippen LogP contribution in [0, 0.1) is 16.7 Å². The highest BCUT2D eigenvalue weighted by Gasteiger charge is 2.39. The number of hydrogen-bond acceptors (Lipinski definition) is 15. The van der Waals surface area contributed by atoms with Crippen LogP contribution in [0.3, 0.4) is 0 Å². The van der Waals surface area contributed by atoms with E-state index in [1.165, 1.54) is 0 Å².